The molecule has 0 bridgehead atoms. The van der Waals surface area contributed by atoms with E-state index in [1.807, 2.05) is 12.3 Å². The van der Waals surface area contributed by atoms with Gasteiger partial charge in [-0.25, -0.2) is 4.98 Å². The second-order valence-electron chi connectivity index (χ2n) is 4.58. The van der Waals surface area contributed by atoms with Crippen LogP contribution in [-0.4, -0.2) is 11.5 Å². The summed E-state index contributed by atoms with van der Waals surface area (Å²) in [6.07, 6.45) is 4.27. The van der Waals surface area contributed by atoms with Crippen LogP contribution in [0.25, 0.3) is 0 Å². The minimum Gasteiger partial charge on any atom is -0.326 e. The molecule has 0 saturated carbocycles. The van der Waals surface area contributed by atoms with Gasteiger partial charge >= 0.3 is 0 Å². The summed E-state index contributed by atoms with van der Waals surface area (Å²) in [7, 11) is 0. The quantitative estimate of drug-likeness (QED) is 0.737. The first-order chi connectivity index (χ1) is 8.34. The number of nitrogens with zero attached hydrogens (tertiary/aromatic N) is 2. The zero-order valence-corrected chi connectivity index (χ0v) is 10.1. The zero-order chi connectivity index (χ0) is 11.7. The van der Waals surface area contributed by atoms with E-state index in [-0.39, 0.29) is 0 Å². The van der Waals surface area contributed by atoms with Gasteiger partial charge in [0, 0.05) is 18.4 Å². The number of fused-ring (bicyclic) bond motifs is 1. The van der Waals surface area contributed by atoms with E-state index in [1.54, 1.807) is 0 Å². The van der Waals surface area contributed by atoms with Gasteiger partial charge in [0.1, 0.15) is 5.82 Å². The maximum Gasteiger partial charge on any atom is 0.133 e. The third-order valence-electron chi connectivity index (χ3n) is 3.29. The Hall–Kier alpha value is -1.83. The lowest BCUT2D eigenvalue weighted by Crippen LogP contribution is -2.25. The average molecular weight is 224 g/mol. The van der Waals surface area contributed by atoms with Crippen molar-refractivity contribution in [2.75, 3.05) is 11.4 Å². The number of anilines is 2. The Morgan fingerprint density at radius 1 is 1.18 bits per heavy atom. The molecular formula is C15H16N2. The molecule has 2 nitrogen and oxygen atoms in total. The van der Waals surface area contributed by atoms with E-state index in [9.17, 15) is 0 Å². The molecule has 2 heterocycles. The fourth-order valence-corrected chi connectivity index (χ4v) is 2.44. The third-order valence-corrected chi connectivity index (χ3v) is 3.29. The first kappa shape index (κ1) is 10.3. The Bertz CT molecular complexity index is 534. The molecule has 0 fully saturated rings. The molecule has 0 radical (unpaired) electrons. The molecule has 0 atom stereocenters. The van der Waals surface area contributed by atoms with Crippen molar-refractivity contribution in [1.29, 1.82) is 0 Å². The highest BCUT2D eigenvalue weighted by atomic mass is 15.2. The zero-order valence-electron chi connectivity index (χ0n) is 10.1. The van der Waals surface area contributed by atoms with Gasteiger partial charge in [-0.15, -0.1) is 0 Å². The number of aromatic nitrogens is 1. The lowest BCUT2D eigenvalue weighted by molar-refractivity contribution is 0.759. The highest BCUT2D eigenvalue weighted by Gasteiger charge is 2.18. The van der Waals surface area contributed by atoms with Crippen LogP contribution in [0.15, 0.2) is 42.6 Å². The molecule has 1 aromatic heterocycles. The molecule has 17 heavy (non-hydrogen) atoms. The Morgan fingerprint density at radius 2 is 2.06 bits per heavy atom. The fourth-order valence-electron chi connectivity index (χ4n) is 2.44. The normalized spacial score (nSPS) is 14.5. The summed E-state index contributed by atoms with van der Waals surface area (Å²) in [6.45, 7) is 3.18. The summed E-state index contributed by atoms with van der Waals surface area (Å²) in [5, 5.41) is 0. The van der Waals surface area contributed by atoms with Crippen LogP contribution in [0.2, 0.25) is 0 Å². The Morgan fingerprint density at radius 3 is 2.94 bits per heavy atom. The Balaban J connectivity index is 2.06. The summed E-state index contributed by atoms with van der Waals surface area (Å²) in [5.41, 5.74) is 4.01. The van der Waals surface area contributed by atoms with Gasteiger partial charge in [0.2, 0.25) is 0 Å². The first-order valence-corrected chi connectivity index (χ1v) is 6.13. The van der Waals surface area contributed by atoms with E-state index in [1.165, 1.54) is 29.7 Å². The van der Waals surface area contributed by atoms with Crippen LogP contribution in [0.3, 0.4) is 0 Å². The van der Waals surface area contributed by atoms with Crippen molar-refractivity contribution < 1.29 is 0 Å². The number of para-hydroxylation sites is 1. The van der Waals surface area contributed by atoms with Gasteiger partial charge in [-0.1, -0.05) is 18.2 Å². The fraction of sp³-hybridized carbons (Fsp3) is 0.267. The minimum absolute atomic E-state index is 1.06. The van der Waals surface area contributed by atoms with E-state index < -0.39 is 0 Å². The van der Waals surface area contributed by atoms with Crippen molar-refractivity contribution in [2.24, 2.45) is 0 Å². The van der Waals surface area contributed by atoms with E-state index in [4.69, 9.17) is 0 Å². The van der Waals surface area contributed by atoms with Crippen molar-refractivity contribution in [3.8, 4) is 0 Å². The minimum atomic E-state index is 1.06. The number of aryl methyl sites for hydroxylation is 2. The molecule has 1 aliphatic rings. The summed E-state index contributed by atoms with van der Waals surface area (Å²) < 4.78 is 0. The molecule has 0 unspecified atom stereocenters. The van der Waals surface area contributed by atoms with Gasteiger partial charge in [0.15, 0.2) is 0 Å². The van der Waals surface area contributed by atoms with Crippen LogP contribution in [0, 0.1) is 6.92 Å². The number of benzene rings is 1. The molecule has 0 aliphatic carbocycles. The molecule has 0 saturated heterocycles. The highest BCUT2D eigenvalue weighted by molar-refractivity contribution is 5.65. The van der Waals surface area contributed by atoms with Gasteiger partial charge in [-0.2, -0.15) is 0 Å². The first-order valence-electron chi connectivity index (χ1n) is 6.13. The van der Waals surface area contributed by atoms with Gasteiger partial charge in [-0.05, 0) is 49.1 Å². The van der Waals surface area contributed by atoms with Crippen LogP contribution in [0.4, 0.5) is 11.5 Å². The molecule has 1 aromatic carbocycles. The lowest BCUT2D eigenvalue weighted by atomic mass is 10.0. The van der Waals surface area contributed by atoms with Gasteiger partial charge in [0.05, 0.1) is 0 Å². The van der Waals surface area contributed by atoms with Crippen molar-refractivity contribution in [3.05, 3.63) is 53.7 Å². The summed E-state index contributed by atoms with van der Waals surface area (Å²) >= 11 is 0. The summed E-state index contributed by atoms with van der Waals surface area (Å²) in [6, 6.07) is 12.8. The van der Waals surface area contributed by atoms with E-state index >= 15 is 0 Å². The maximum absolute atomic E-state index is 4.49. The molecular weight excluding hydrogens is 208 g/mol. The SMILES string of the molecule is Cc1ccnc(N2CCCc3ccccc32)c1. The molecule has 0 amide bonds. The third kappa shape index (κ3) is 1.91. The van der Waals surface area contributed by atoms with Crippen LogP contribution < -0.4 is 4.90 Å². The molecule has 3 rings (SSSR count). The molecule has 2 heteroatoms. The standard InChI is InChI=1S/C15H16N2/c1-12-8-9-16-15(11-12)17-10-4-6-13-5-2-3-7-14(13)17/h2-3,5,7-9,11H,4,6,10H2,1H3. The van der Waals surface area contributed by atoms with Crippen LogP contribution in [-0.2, 0) is 6.42 Å². The predicted octanol–water partition coefficient (Wildman–Crippen LogP) is 3.47. The van der Waals surface area contributed by atoms with E-state index in [2.05, 4.69) is 47.1 Å². The monoisotopic (exact) mass is 224 g/mol. The smallest absolute Gasteiger partial charge is 0.133 e. The molecule has 0 spiro atoms. The molecule has 2 aromatic rings. The van der Waals surface area contributed by atoms with Gasteiger partial charge in [-0.3, -0.25) is 0 Å². The van der Waals surface area contributed by atoms with Crippen LogP contribution >= 0.6 is 0 Å². The Labute approximate surface area is 102 Å². The average Bonchev–Trinajstić information content (AvgIpc) is 2.38. The number of rotatable bonds is 1. The van der Waals surface area contributed by atoms with Gasteiger partial charge < -0.3 is 4.90 Å². The second-order valence-corrected chi connectivity index (χ2v) is 4.58. The number of pyridine rings is 1. The largest absolute Gasteiger partial charge is 0.326 e. The van der Waals surface area contributed by atoms with Gasteiger partial charge in [0.25, 0.3) is 0 Å². The van der Waals surface area contributed by atoms with Crippen molar-refractivity contribution in [2.45, 2.75) is 19.8 Å². The van der Waals surface area contributed by atoms with Crippen LogP contribution in [0.1, 0.15) is 17.5 Å². The van der Waals surface area contributed by atoms with Crippen LogP contribution in [0.5, 0.6) is 0 Å². The molecule has 86 valence electrons. The predicted molar refractivity (Wildman–Crippen MR) is 70.7 cm³/mol. The number of hydrogen-bond acceptors (Lipinski definition) is 2. The molecule has 1 aliphatic heterocycles. The molecule has 0 N–H and O–H groups in total. The van der Waals surface area contributed by atoms with Crippen molar-refractivity contribution in [1.82, 2.24) is 4.98 Å². The topological polar surface area (TPSA) is 16.1 Å². The highest BCUT2D eigenvalue weighted by Crippen LogP contribution is 2.32. The van der Waals surface area contributed by atoms with E-state index in [0.29, 0.717) is 0 Å². The maximum atomic E-state index is 4.49. The summed E-state index contributed by atoms with van der Waals surface area (Å²) in [4.78, 5) is 6.81. The lowest BCUT2D eigenvalue weighted by Gasteiger charge is -2.30. The van der Waals surface area contributed by atoms with Crippen molar-refractivity contribution in [3.63, 3.8) is 0 Å². The number of hydrogen-bond donors (Lipinski definition) is 0. The van der Waals surface area contributed by atoms with Crippen molar-refractivity contribution >= 4 is 11.5 Å². The summed E-state index contributed by atoms with van der Waals surface area (Å²) in [5.74, 6) is 1.07. The van der Waals surface area contributed by atoms with E-state index in [0.717, 1.165) is 12.4 Å². The second kappa shape index (κ2) is 4.21. The Kier molecular flexibility index (Phi) is 2.56.